The Morgan fingerprint density at radius 3 is 2.20 bits per heavy atom. The summed E-state index contributed by atoms with van der Waals surface area (Å²) in [6, 6.07) is 0. The number of ether oxygens (including phenoxy) is 2. The summed E-state index contributed by atoms with van der Waals surface area (Å²) in [5, 5.41) is 59.2. The van der Waals surface area contributed by atoms with Crippen molar-refractivity contribution in [3.63, 3.8) is 0 Å². The number of fused-ring (bicyclic) bond motifs is 1. The molecule has 10 N–H and O–H groups in total. The number of anilines is 1. The van der Waals surface area contributed by atoms with Gasteiger partial charge in [0.05, 0.1) is 19.5 Å². The molecule has 0 spiro atoms. The molecule has 2 aliphatic heterocycles. The molecule has 2 saturated heterocycles. The number of nitrogen functional groups attached to an aromatic ring is 1. The molecular formula is C16H25N5Na2O15P2. The number of aliphatic hydroxyl groups is 6. The van der Waals surface area contributed by atoms with Crippen LogP contribution in [-0.2, 0) is 32.0 Å². The molecule has 0 aromatic carbocycles. The standard InChI is InChI=1S/C16H25N5O15P2.2Na/c17-13-7-14(19-3-18-13)21(4-20-7)15-11(26)9(24)6(33-15)2-32-37(28,29)36-38(30,31)35-16-12(27)10(25)8(23)5(1-22)34-16;;/h3-6,8-12,15-16,22-27H,1-2H2,(H,28,29)(H,30,31)(H2,17,18,19);;/t5-,6-,8-,9-,10+,11-,12-,15-,16+;;/m1../s1. The van der Waals surface area contributed by atoms with E-state index < -0.39 is 84.1 Å². The predicted octanol–water partition coefficient (Wildman–Crippen LogP) is -4.68. The van der Waals surface area contributed by atoms with Crippen LogP contribution in [0.3, 0.4) is 0 Å². The van der Waals surface area contributed by atoms with Gasteiger partial charge in [0.1, 0.15) is 54.6 Å². The fourth-order valence-electron chi connectivity index (χ4n) is 3.78. The molecule has 24 heteroatoms. The van der Waals surface area contributed by atoms with Gasteiger partial charge in [-0.15, -0.1) is 0 Å². The minimum Gasteiger partial charge on any atom is -0.394 e. The summed E-state index contributed by atoms with van der Waals surface area (Å²) in [5.41, 5.74) is 6.05. The zero-order chi connectivity index (χ0) is 28.0. The molecule has 0 bridgehead atoms. The first-order valence-electron chi connectivity index (χ1n) is 10.7. The SMILES string of the molecule is Nc1ncnc2c1ncn2[C@@H]1O[C@H](COP(=O)(O)OP(=O)(O)O[C@@H]2O[C@H](CO)[C@@H](O)[C@H](O)[C@H]2O)[C@@H](O)[C@H]1O.[Na].[Na]. The quantitative estimate of drug-likeness (QED) is 0.0923. The topological polar surface area (TPSA) is 312 Å². The molecule has 0 saturated carbocycles. The van der Waals surface area contributed by atoms with E-state index in [9.17, 15) is 44.4 Å². The van der Waals surface area contributed by atoms with Gasteiger partial charge in [-0.3, -0.25) is 13.6 Å². The second-order valence-electron chi connectivity index (χ2n) is 8.25. The number of aliphatic hydroxyl groups excluding tert-OH is 6. The molecule has 2 aromatic rings. The van der Waals surface area contributed by atoms with Crippen LogP contribution in [0.4, 0.5) is 5.82 Å². The Kier molecular flexibility index (Phi) is 13.1. The van der Waals surface area contributed by atoms with E-state index in [0.717, 1.165) is 6.33 Å². The minimum absolute atomic E-state index is 0. The number of hydrogen-bond donors (Lipinski definition) is 9. The van der Waals surface area contributed by atoms with Crippen LogP contribution < -0.4 is 5.73 Å². The molecule has 20 nitrogen and oxygen atoms in total. The number of aromatic nitrogens is 4. The zero-order valence-corrected chi connectivity index (χ0v) is 26.7. The number of nitrogens with two attached hydrogens (primary N) is 1. The molecule has 216 valence electrons. The van der Waals surface area contributed by atoms with Crippen LogP contribution in [-0.4, -0.2) is 181 Å². The summed E-state index contributed by atoms with van der Waals surface area (Å²) in [5.74, 6) is 0.0411. The molecule has 2 aliphatic rings. The third-order valence-electron chi connectivity index (χ3n) is 5.69. The van der Waals surface area contributed by atoms with Crippen molar-refractivity contribution < 1.29 is 72.4 Å². The first-order chi connectivity index (χ1) is 17.7. The molecule has 2 radical (unpaired) electrons. The number of rotatable bonds is 9. The van der Waals surface area contributed by atoms with Crippen LogP contribution in [0.15, 0.2) is 12.7 Å². The van der Waals surface area contributed by atoms with E-state index in [4.69, 9.17) is 20.3 Å². The van der Waals surface area contributed by atoms with Crippen molar-refractivity contribution in [1.29, 1.82) is 0 Å². The number of phosphoric ester groups is 2. The molecular weight excluding hydrogens is 610 g/mol. The molecule has 2 aromatic heterocycles. The monoisotopic (exact) mass is 635 g/mol. The summed E-state index contributed by atoms with van der Waals surface area (Å²) >= 11 is 0. The minimum atomic E-state index is -5.56. The fourth-order valence-corrected chi connectivity index (χ4v) is 5.94. The van der Waals surface area contributed by atoms with E-state index in [1.165, 1.54) is 10.9 Å². The Labute approximate surface area is 268 Å². The molecule has 4 rings (SSSR count). The van der Waals surface area contributed by atoms with Gasteiger partial charge in [-0.05, 0) is 0 Å². The van der Waals surface area contributed by atoms with E-state index in [2.05, 4.69) is 28.3 Å². The Morgan fingerprint density at radius 2 is 1.55 bits per heavy atom. The normalized spacial score (nSPS) is 35.4. The number of phosphoric acid groups is 2. The zero-order valence-electron chi connectivity index (χ0n) is 21.0. The van der Waals surface area contributed by atoms with Gasteiger partial charge >= 0.3 is 15.6 Å². The van der Waals surface area contributed by atoms with Crippen molar-refractivity contribution in [2.75, 3.05) is 18.9 Å². The molecule has 0 aliphatic carbocycles. The Bertz CT molecular complexity index is 1240. The van der Waals surface area contributed by atoms with Gasteiger partial charge in [0.25, 0.3) is 0 Å². The molecule has 0 amide bonds. The predicted molar refractivity (Wildman–Crippen MR) is 129 cm³/mol. The molecule has 4 heterocycles. The molecule has 11 atom stereocenters. The van der Waals surface area contributed by atoms with E-state index >= 15 is 0 Å². The first-order valence-corrected chi connectivity index (χ1v) is 13.7. The third-order valence-corrected chi connectivity index (χ3v) is 8.29. The molecule has 2 fully saturated rings. The van der Waals surface area contributed by atoms with Gasteiger partial charge in [0, 0.05) is 59.1 Å². The van der Waals surface area contributed by atoms with Gasteiger partial charge in [0.2, 0.25) is 0 Å². The van der Waals surface area contributed by atoms with Crippen LogP contribution in [0.25, 0.3) is 11.2 Å². The van der Waals surface area contributed by atoms with E-state index in [1.54, 1.807) is 0 Å². The van der Waals surface area contributed by atoms with Gasteiger partial charge in [-0.25, -0.2) is 24.1 Å². The van der Waals surface area contributed by atoms with Crippen molar-refractivity contribution in [2.45, 2.75) is 55.2 Å². The van der Waals surface area contributed by atoms with Gasteiger partial charge in [-0.2, -0.15) is 4.31 Å². The van der Waals surface area contributed by atoms with E-state index in [0.29, 0.717) is 0 Å². The number of nitrogens with zero attached hydrogens (tertiary/aromatic N) is 4. The third kappa shape index (κ3) is 7.86. The largest absolute Gasteiger partial charge is 0.483 e. The van der Waals surface area contributed by atoms with Crippen LogP contribution in [0.2, 0.25) is 0 Å². The Hall–Kier alpha value is 0.290. The van der Waals surface area contributed by atoms with Crippen molar-refractivity contribution in [2.24, 2.45) is 0 Å². The summed E-state index contributed by atoms with van der Waals surface area (Å²) in [7, 11) is -11.0. The Morgan fingerprint density at radius 1 is 0.900 bits per heavy atom. The summed E-state index contributed by atoms with van der Waals surface area (Å²) in [6.45, 7) is -1.82. The second-order valence-corrected chi connectivity index (χ2v) is 11.2. The maximum Gasteiger partial charge on any atom is 0.483 e. The van der Waals surface area contributed by atoms with Gasteiger partial charge < -0.3 is 55.6 Å². The van der Waals surface area contributed by atoms with Crippen molar-refractivity contribution in [3.8, 4) is 0 Å². The first kappa shape index (κ1) is 36.5. The maximum atomic E-state index is 12.3. The Balaban J connectivity index is 0.00000280. The van der Waals surface area contributed by atoms with Gasteiger partial charge in [-0.1, -0.05) is 0 Å². The van der Waals surface area contributed by atoms with E-state index in [1.807, 2.05) is 0 Å². The summed E-state index contributed by atoms with van der Waals surface area (Å²) in [6.07, 6.45) is -13.3. The van der Waals surface area contributed by atoms with E-state index in [-0.39, 0.29) is 76.1 Å². The summed E-state index contributed by atoms with van der Waals surface area (Å²) in [4.78, 5) is 31.5. The number of imidazole rings is 1. The van der Waals surface area contributed by atoms with Crippen molar-refractivity contribution in [1.82, 2.24) is 19.5 Å². The average Bonchev–Trinajstić information content (AvgIpc) is 3.39. The van der Waals surface area contributed by atoms with Crippen molar-refractivity contribution in [3.05, 3.63) is 12.7 Å². The second kappa shape index (κ2) is 14.4. The number of hydrogen-bond acceptors (Lipinski definition) is 17. The smallest absolute Gasteiger partial charge is 0.394 e. The average molecular weight is 635 g/mol. The van der Waals surface area contributed by atoms with Crippen LogP contribution in [0, 0.1) is 0 Å². The van der Waals surface area contributed by atoms with Crippen LogP contribution in [0.5, 0.6) is 0 Å². The van der Waals surface area contributed by atoms with Crippen LogP contribution in [0.1, 0.15) is 6.23 Å². The molecule has 2 unspecified atom stereocenters. The van der Waals surface area contributed by atoms with Crippen LogP contribution >= 0.6 is 15.6 Å². The summed E-state index contributed by atoms with van der Waals surface area (Å²) < 4.78 is 49.3. The maximum absolute atomic E-state index is 12.3. The fraction of sp³-hybridized carbons (Fsp3) is 0.688. The molecule has 40 heavy (non-hydrogen) atoms. The van der Waals surface area contributed by atoms with Crippen molar-refractivity contribution >= 4 is 91.7 Å². The van der Waals surface area contributed by atoms with Gasteiger partial charge in [0.15, 0.2) is 24.0 Å².